The Bertz CT molecular complexity index is 416. The van der Waals surface area contributed by atoms with Crippen molar-refractivity contribution in [1.29, 1.82) is 0 Å². The van der Waals surface area contributed by atoms with Crippen molar-refractivity contribution >= 4 is 5.69 Å². The summed E-state index contributed by atoms with van der Waals surface area (Å²) in [6.07, 6.45) is 1.10. The fourth-order valence-corrected chi connectivity index (χ4v) is 2.65. The average Bonchev–Trinajstić information content (AvgIpc) is 2.48. The van der Waals surface area contributed by atoms with E-state index in [9.17, 15) is 4.39 Å². The van der Waals surface area contributed by atoms with E-state index in [0.29, 0.717) is 0 Å². The maximum Gasteiger partial charge on any atom is 0.123 e. The van der Waals surface area contributed by atoms with E-state index in [2.05, 4.69) is 30.6 Å². The molecule has 0 bridgehead atoms. The van der Waals surface area contributed by atoms with Gasteiger partial charge in [-0.3, -0.25) is 0 Å². The van der Waals surface area contributed by atoms with Crippen LogP contribution >= 0.6 is 0 Å². The molecule has 4 heteroatoms. The molecule has 2 N–H and O–H groups in total. The quantitative estimate of drug-likeness (QED) is 0.758. The van der Waals surface area contributed by atoms with Gasteiger partial charge in [-0.15, -0.1) is 0 Å². The highest BCUT2D eigenvalue weighted by Crippen LogP contribution is 2.26. The molecule has 1 rings (SSSR count). The van der Waals surface area contributed by atoms with Crippen molar-refractivity contribution in [3.05, 3.63) is 29.6 Å². The molecule has 21 heavy (non-hydrogen) atoms. The highest BCUT2D eigenvalue weighted by atomic mass is 19.1. The van der Waals surface area contributed by atoms with Gasteiger partial charge in [-0.1, -0.05) is 13.8 Å². The van der Waals surface area contributed by atoms with E-state index in [0.717, 1.165) is 50.4 Å². The van der Waals surface area contributed by atoms with E-state index in [1.54, 1.807) is 6.07 Å². The van der Waals surface area contributed by atoms with Crippen molar-refractivity contribution in [2.45, 2.75) is 40.2 Å². The van der Waals surface area contributed by atoms with Gasteiger partial charge in [0.25, 0.3) is 0 Å². The van der Waals surface area contributed by atoms with Gasteiger partial charge >= 0.3 is 0 Å². The van der Waals surface area contributed by atoms with Crippen LogP contribution in [0.1, 0.15) is 45.7 Å². The third kappa shape index (κ3) is 5.29. The van der Waals surface area contributed by atoms with E-state index >= 15 is 0 Å². The summed E-state index contributed by atoms with van der Waals surface area (Å²) in [5.41, 5.74) is 7.95. The average molecular weight is 295 g/mol. The smallest absolute Gasteiger partial charge is 0.123 e. The molecule has 0 unspecified atom stereocenters. The van der Waals surface area contributed by atoms with Crippen LogP contribution < -0.4 is 10.6 Å². The first kappa shape index (κ1) is 17.9. The first-order chi connectivity index (χ1) is 10.0. The van der Waals surface area contributed by atoms with E-state index in [1.807, 2.05) is 13.0 Å². The van der Waals surface area contributed by atoms with Crippen molar-refractivity contribution in [1.82, 2.24) is 4.90 Å². The molecule has 3 nitrogen and oxygen atoms in total. The molecular formula is C17H30FN3. The number of hydrogen-bond acceptors (Lipinski definition) is 3. The maximum absolute atomic E-state index is 13.4. The van der Waals surface area contributed by atoms with Crippen LogP contribution in [0.3, 0.4) is 0 Å². The van der Waals surface area contributed by atoms with Crippen LogP contribution in [0.2, 0.25) is 0 Å². The number of anilines is 1. The second-order valence-corrected chi connectivity index (χ2v) is 5.45. The first-order valence-electron chi connectivity index (χ1n) is 8.05. The van der Waals surface area contributed by atoms with Crippen molar-refractivity contribution in [2.75, 3.05) is 37.6 Å². The van der Waals surface area contributed by atoms with Crippen LogP contribution in [0.5, 0.6) is 0 Å². The van der Waals surface area contributed by atoms with Crippen LogP contribution in [-0.2, 0) is 0 Å². The third-order valence-electron chi connectivity index (χ3n) is 4.00. The Morgan fingerprint density at radius 3 is 2.29 bits per heavy atom. The Hall–Kier alpha value is -1.13. The Kier molecular flexibility index (Phi) is 7.68. The van der Waals surface area contributed by atoms with Gasteiger partial charge in [0, 0.05) is 24.8 Å². The highest BCUT2D eigenvalue weighted by Gasteiger charge is 2.13. The van der Waals surface area contributed by atoms with Crippen LogP contribution in [0.4, 0.5) is 10.1 Å². The fraction of sp³-hybridized carbons (Fsp3) is 0.647. The second-order valence-electron chi connectivity index (χ2n) is 5.45. The summed E-state index contributed by atoms with van der Waals surface area (Å²) in [5.74, 6) is -0.217. The minimum Gasteiger partial charge on any atom is -0.371 e. The van der Waals surface area contributed by atoms with Gasteiger partial charge in [-0.05, 0) is 63.7 Å². The van der Waals surface area contributed by atoms with Gasteiger partial charge < -0.3 is 15.5 Å². The molecule has 0 aliphatic rings. The molecule has 1 aromatic carbocycles. The fourth-order valence-electron chi connectivity index (χ4n) is 2.65. The zero-order valence-corrected chi connectivity index (χ0v) is 13.9. The second kappa shape index (κ2) is 9.00. The minimum absolute atomic E-state index is 0.160. The van der Waals surface area contributed by atoms with E-state index in [-0.39, 0.29) is 11.9 Å². The normalized spacial score (nSPS) is 12.7. The van der Waals surface area contributed by atoms with Crippen molar-refractivity contribution in [3.8, 4) is 0 Å². The van der Waals surface area contributed by atoms with Gasteiger partial charge in [-0.2, -0.15) is 0 Å². The molecule has 0 amide bonds. The summed E-state index contributed by atoms with van der Waals surface area (Å²) in [6, 6.07) is 4.78. The topological polar surface area (TPSA) is 32.5 Å². The van der Waals surface area contributed by atoms with Crippen molar-refractivity contribution in [2.24, 2.45) is 5.73 Å². The van der Waals surface area contributed by atoms with Crippen LogP contribution in [0, 0.1) is 5.82 Å². The minimum atomic E-state index is -0.217. The number of nitrogens with zero attached hydrogens (tertiary/aromatic N) is 2. The molecule has 1 atom stereocenters. The predicted molar refractivity (Wildman–Crippen MR) is 89.3 cm³/mol. The molecule has 0 saturated carbocycles. The van der Waals surface area contributed by atoms with E-state index in [4.69, 9.17) is 5.73 Å². The first-order valence-corrected chi connectivity index (χ1v) is 8.05. The number of nitrogens with two attached hydrogens (primary N) is 1. The summed E-state index contributed by atoms with van der Waals surface area (Å²) in [6.45, 7) is 13.6. The van der Waals surface area contributed by atoms with Crippen molar-refractivity contribution < 1.29 is 4.39 Å². The highest BCUT2D eigenvalue weighted by molar-refractivity contribution is 5.55. The zero-order valence-electron chi connectivity index (χ0n) is 13.9. The number of benzene rings is 1. The molecule has 0 heterocycles. The number of hydrogen-bond donors (Lipinski definition) is 1. The Morgan fingerprint density at radius 2 is 1.76 bits per heavy atom. The van der Waals surface area contributed by atoms with Gasteiger partial charge in [0.1, 0.15) is 5.82 Å². The molecule has 0 aromatic heterocycles. The molecule has 0 radical (unpaired) electrons. The summed E-state index contributed by atoms with van der Waals surface area (Å²) >= 11 is 0. The van der Waals surface area contributed by atoms with E-state index in [1.165, 1.54) is 6.07 Å². The molecular weight excluding hydrogens is 265 g/mol. The van der Waals surface area contributed by atoms with E-state index < -0.39 is 0 Å². The summed E-state index contributed by atoms with van der Waals surface area (Å²) in [5, 5.41) is 0. The van der Waals surface area contributed by atoms with Crippen LogP contribution in [-0.4, -0.2) is 37.6 Å². The number of halogens is 1. The molecule has 0 spiro atoms. The monoisotopic (exact) mass is 295 g/mol. The molecule has 120 valence electrons. The zero-order chi connectivity index (χ0) is 15.8. The molecule has 0 aliphatic carbocycles. The maximum atomic E-state index is 13.4. The largest absolute Gasteiger partial charge is 0.371 e. The van der Waals surface area contributed by atoms with Gasteiger partial charge in [0.2, 0.25) is 0 Å². The molecule has 0 fully saturated rings. The molecule has 0 aliphatic heterocycles. The van der Waals surface area contributed by atoms with Crippen LogP contribution in [0.25, 0.3) is 0 Å². The standard InChI is InChI=1S/C17H30FN3/c1-5-20(6-2)11-8-12-21(7-3)17-10-9-15(18)13-16(17)14(4)19/h9-10,13-14H,5-8,11-12,19H2,1-4H3/t14-/m0/s1. The Morgan fingerprint density at radius 1 is 1.10 bits per heavy atom. The lowest BCUT2D eigenvalue weighted by Crippen LogP contribution is -2.31. The molecule has 1 aromatic rings. The van der Waals surface area contributed by atoms with Gasteiger partial charge in [-0.25, -0.2) is 4.39 Å². The van der Waals surface area contributed by atoms with Crippen LogP contribution in [0.15, 0.2) is 18.2 Å². The lowest BCUT2D eigenvalue weighted by molar-refractivity contribution is 0.300. The SMILES string of the molecule is CCN(CC)CCCN(CC)c1ccc(F)cc1[C@H](C)N. The lowest BCUT2D eigenvalue weighted by Gasteiger charge is -2.28. The molecule has 0 saturated heterocycles. The van der Waals surface area contributed by atoms with Crippen molar-refractivity contribution in [3.63, 3.8) is 0 Å². The third-order valence-corrected chi connectivity index (χ3v) is 4.00. The van der Waals surface area contributed by atoms with Gasteiger partial charge in [0.15, 0.2) is 0 Å². The Balaban J connectivity index is 2.76. The number of rotatable bonds is 9. The summed E-state index contributed by atoms with van der Waals surface area (Å²) in [4.78, 5) is 4.71. The summed E-state index contributed by atoms with van der Waals surface area (Å²) in [7, 11) is 0. The lowest BCUT2D eigenvalue weighted by atomic mass is 10.1. The summed E-state index contributed by atoms with van der Waals surface area (Å²) < 4.78 is 13.4. The Labute approximate surface area is 128 Å². The predicted octanol–water partition coefficient (Wildman–Crippen LogP) is 3.40. The van der Waals surface area contributed by atoms with Gasteiger partial charge in [0.05, 0.1) is 0 Å².